The van der Waals surface area contributed by atoms with E-state index in [1.807, 2.05) is 13.8 Å². The van der Waals surface area contributed by atoms with Crippen LogP contribution in [0.5, 0.6) is 5.88 Å². The largest absolute Gasteiger partial charge is 0.473 e. The zero-order valence-corrected chi connectivity index (χ0v) is 16.3. The highest BCUT2D eigenvalue weighted by molar-refractivity contribution is 5.65. The van der Waals surface area contributed by atoms with Crippen molar-refractivity contribution < 1.29 is 4.74 Å². The first-order chi connectivity index (χ1) is 13.6. The third-order valence-electron chi connectivity index (χ3n) is 5.81. The number of nitrogens with one attached hydrogen (secondary N) is 3. The molecule has 0 amide bonds. The Hall–Kier alpha value is -2.68. The van der Waals surface area contributed by atoms with E-state index in [9.17, 15) is 0 Å². The summed E-state index contributed by atoms with van der Waals surface area (Å²) >= 11 is 0. The lowest BCUT2D eigenvalue weighted by Crippen LogP contribution is -2.50. The number of anilines is 1. The van der Waals surface area contributed by atoms with Gasteiger partial charge in [0.25, 0.3) is 0 Å². The Labute approximate surface area is 163 Å². The predicted octanol–water partition coefficient (Wildman–Crippen LogP) is 2.25. The first kappa shape index (κ1) is 17.4. The number of hydrogen-bond acceptors (Lipinski definition) is 7. The van der Waals surface area contributed by atoms with Crippen LogP contribution >= 0.6 is 0 Å². The van der Waals surface area contributed by atoms with Crippen LogP contribution in [0.15, 0.2) is 18.6 Å². The molecule has 0 radical (unpaired) electrons. The Morgan fingerprint density at radius 1 is 1.25 bits per heavy atom. The zero-order valence-electron chi connectivity index (χ0n) is 16.3. The molecule has 4 heterocycles. The van der Waals surface area contributed by atoms with Gasteiger partial charge in [0, 0.05) is 17.8 Å². The van der Waals surface area contributed by atoms with E-state index in [2.05, 4.69) is 35.9 Å². The molecule has 0 unspecified atom stereocenters. The topological polar surface area (TPSA) is 105 Å². The first-order valence-electron chi connectivity index (χ1n) is 10.0. The third-order valence-corrected chi connectivity index (χ3v) is 5.81. The molecule has 9 nitrogen and oxygen atoms in total. The quantitative estimate of drug-likeness (QED) is 0.621. The molecule has 2 aliphatic rings. The van der Waals surface area contributed by atoms with Gasteiger partial charge >= 0.3 is 0 Å². The minimum atomic E-state index is -0.00920. The number of nitrogens with zero attached hydrogens (tertiary/aromatic N) is 5. The maximum atomic E-state index is 6.05. The molecule has 1 saturated carbocycles. The molecular weight excluding hydrogens is 356 g/mol. The third kappa shape index (κ3) is 3.09. The van der Waals surface area contributed by atoms with Gasteiger partial charge in [-0.15, -0.1) is 5.10 Å². The van der Waals surface area contributed by atoms with Crippen molar-refractivity contribution >= 4 is 11.6 Å². The van der Waals surface area contributed by atoms with Crippen molar-refractivity contribution in [2.45, 2.75) is 51.7 Å². The molecule has 0 atom stereocenters. The van der Waals surface area contributed by atoms with Crippen molar-refractivity contribution in [3.63, 3.8) is 0 Å². The van der Waals surface area contributed by atoms with Crippen LogP contribution in [0.25, 0.3) is 16.9 Å². The predicted molar refractivity (Wildman–Crippen MR) is 105 cm³/mol. The maximum Gasteiger partial charge on any atom is 0.244 e. The molecule has 1 spiro atoms. The van der Waals surface area contributed by atoms with E-state index < -0.39 is 0 Å². The second kappa shape index (κ2) is 6.73. The summed E-state index contributed by atoms with van der Waals surface area (Å²) < 4.78 is 7.79. The van der Waals surface area contributed by atoms with E-state index in [0.29, 0.717) is 34.6 Å². The fraction of sp³-hybridized carbons (Fsp3) is 0.579. The summed E-state index contributed by atoms with van der Waals surface area (Å²) in [6, 6.07) is 0.436. The monoisotopic (exact) mass is 382 g/mol. The van der Waals surface area contributed by atoms with Crippen LogP contribution in [0.1, 0.15) is 39.5 Å². The van der Waals surface area contributed by atoms with Gasteiger partial charge in [-0.25, -0.2) is 4.98 Å². The van der Waals surface area contributed by atoms with Crippen LogP contribution in [0.4, 0.5) is 5.95 Å². The molecule has 3 aromatic rings. The molecule has 1 saturated heterocycles. The summed E-state index contributed by atoms with van der Waals surface area (Å²) in [6.45, 7) is 6.25. The molecular formula is C19H26N8O. The van der Waals surface area contributed by atoms with E-state index in [-0.39, 0.29) is 6.10 Å². The number of rotatable bonds is 5. The van der Waals surface area contributed by atoms with Crippen LogP contribution in [-0.4, -0.2) is 55.0 Å². The molecule has 28 heavy (non-hydrogen) atoms. The number of fused-ring (bicyclic) bond motifs is 1. The van der Waals surface area contributed by atoms with Crippen molar-refractivity contribution in [2.75, 3.05) is 18.4 Å². The van der Waals surface area contributed by atoms with Gasteiger partial charge in [-0.1, -0.05) is 0 Å². The number of H-pyrrole nitrogens is 1. The Bertz CT molecular complexity index is 950. The number of aromatic nitrogens is 6. The second-order valence-electron chi connectivity index (χ2n) is 8.27. The minimum Gasteiger partial charge on any atom is -0.473 e. The van der Waals surface area contributed by atoms with E-state index in [0.717, 1.165) is 18.7 Å². The van der Waals surface area contributed by atoms with Gasteiger partial charge in [-0.3, -0.25) is 5.10 Å². The second-order valence-corrected chi connectivity index (χ2v) is 8.27. The van der Waals surface area contributed by atoms with Gasteiger partial charge in [-0.05, 0) is 58.0 Å². The number of hydrogen-bond donors (Lipinski definition) is 3. The number of aromatic amines is 1. The van der Waals surface area contributed by atoms with Crippen LogP contribution in [0, 0.1) is 5.41 Å². The van der Waals surface area contributed by atoms with Crippen molar-refractivity contribution in [1.82, 2.24) is 35.1 Å². The molecule has 148 valence electrons. The molecule has 2 fully saturated rings. The Morgan fingerprint density at radius 3 is 2.79 bits per heavy atom. The van der Waals surface area contributed by atoms with Crippen molar-refractivity contribution in [2.24, 2.45) is 5.41 Å². The highest BCUT2D eigenvalue weighted by Gasteiger charge is 2.44. The minimum absolute atomic E-state index is 0.00920. The fourth-order valence-corrected chi connectivity index (χ4v) is 4.44. The molecule has 1 aliphatic carbocycles. The normalized spacial score (nSPS) is 19.2. The van der Waals surface area contributed by atoms with Crippen LogP contribution in [0.3, 0.4) is 0 Å². The zero-order chi connectivity index (χ0) is 19.1. The van der Waals surface area contributed by atoms with Gasteiger partial charge < -0.3 is 15.4 Å². The van der Waals surface area contributed by atoms with Gasteiger partial charge in [0.1, 0.15) is 5.69 Å². The average molecular weight is 382 g/mol. The van der Waals surface area contributed by atoms with Gasteiger partial charge in [0.15, 0.2) is 5.65 Å². The summed E-state index contributed by atoms with van der Waals surface area (Å²) in [5.74, 6) is 1.21. The number of ether oxygens (including phenoxy) is 1. The number of piperidine rings is 1. The highest BCUT2D eigenvalue weighted by atomic mass is 16.5. The molecule has 0 aromatic carbocycles. The molecule has 1 aliphatic heterocycles. The van der Waals surface area contributed by atoms with E-state index >= 15 is 0 Å². The lowest BCUT2D eigenvalue weighted by molar-refractivity contribution is 0.0715. The molecule has 0 bridgehead atoms. The molecule has 3 aromatic heterocycles. The van der Waals surface area contributed by atoms with Crippen molar-refractivity contribution in [3.05, 3.63) is 18.6 Å². The van der Waals surface area contributed by atoms with Crippen LogP contribution in [-0.2, 0) is 0 Å². The van der Waals surface area contributed by atoms with Gasteiger partial charge in [0.2, 0.25) is 11.8 Å². The summed E-state index contributed by atoms with van der Waals surface area (Å²) in [5, 5.41) is 18.5. The van der Waals surface area contributed by atoms with E-state index in [1.54, 1.807) is 23.1 Å². The average Bonchev–Trinajstić information content (AvgIpc) is 3.31. The Morgan fingerprint density at radius 2 is 2.07 bits per heavy atom. The lowest BCUT2D eigenvalue weighted by atomic mass is 9.60. The molecule has 5 rings (SSSR count). The molecule has 9 heteroatoms. The van der Waals surface area contributed by atoms with Gasteiger partial charge in [-0.2, -0.15) is 14.6 Å². The van der Waals surface area contributed by atoms with E-state index in [1.165, 1.54) is 25.7 Å². The maximum absolute atomic E-state index is 6.05. The summed E-state index contributed by atoms with van der Waals surface area (Å²) in [6.07, 6.45) is 10.2. The standard InChI is InChI=1S/C19H26N8O/c1-12(2)28-17-16(13-9-22-23-10-13)21-11-15-25-18(26-27(15)17)24-14-7-19(8-14)3-5-20-6-4-19/h9-12,14,20H,3-8H2,1-2H3,(H,22,23)(H,24,26). The van der Waals surface area contributed by atoms with Gasteiger partial charge in [0.05, 0.1) is 18.5 Å². The fourth-order valence-electron chi connectivity index (χ4n) is 4.44. The SMILES string of the molecule is CC(C)Oc1c(-c2cn[nH]c2)ncc2nc(NC3CC4(CCNCC4)C3)nn12. The van der Waals surface area contributed by atoms with Crippen LogP contribution < -0.4 is 15.4 Å². The summed E-state index contributed by atoms with van der Waals surface area (Å²) in [4.78, 5) is 9.18. The van der Waals surface area contributed by atoms with Crippen molar-refractivity contribution in [3.8, 4) is 17.1 Å². The van der Waals surface area contributed by atoms with Crippen molar-refractivity contribution in [1.29, 1.82) is 0 Å². The first-order valence-corrected chi connectivity index (χ1v) is 10.0. The highest BCUT2D eigenvalue weighted by Crippen LogP contribution is 2.48. The smallest absolute Gasteiger partial charge is 0.244 e. The Kier molecular flexibility index (Phi) is 4.19. The lowest BCUT2D eigenvalue weighted by Gasteiger charge is -2.50. The van der Waals surface area contributed by atoms with E-state index in [4.69, 9.17) is 4.74 Å². The molecule has 3 N–H and O–H groups in total. The van der Waals surface area contributed by atoms with Crippen LogP contribution in [0.2, 0.25) is 0 Å². The Balaban J connectivity index is 1.41. The summed E-state index contributed by atoms with van der Waals surface area (Å²) in [5.41, 5.74) is 2.74. The summed E-state index contributed by atoms with van der Waals surface area (Å²) in [7, 11) is 0.